The molecule has 2 rings (SSSR count). The number of benzene rings is 1. The zero-order valence-electron chi connectivity index (χ0n) is 9.11. The molecule has 0 saturated carbocycles. The highest BCUT2D eigenvalue weighted by molar-refractivity contribution is 9.10. The van der Waals surface area contributed by atoms with Gasteiger partial charge in [-0.1, -0.05) is 0 Å². The Bertz CT molecular complexity index is 619. The number of carbonyl (C=O) groups excluding carboxylic acids is 1. The van der Waals surface area contributed by atoms with E-state index in [1.165, 1.54) is 19.2 Å². The second-order valence-electron chi connectivity index (χ2n) is 3.45. The van der Waals surface area contributed by atoms with E-state index in [2.05, 4.69) is 15.9 Å². The highest BCUT2D eigenvalue weighted by atomic mass is 79.9. The van der Waals surface area contributed by atoms with E-state index in [9.17, 15) is 17.6 Å². The van der Waals surface area contributed by atoms with Crippen LogP contribution in [0.25, 0.3) is 0 Å². The lowest BCUT2D eigenvalue weighted by atomic mass is 10.2. The van der Waals surface area contributed by atoms with Crippen molar-refractivity contribution < 1.29 is 22.3 Å². The Hall–Kier alpha value is -1.35. The van der Waals surface area contributed by atoms with Gasteiger partial charge in [0.1, 0.15) is 18.0 Å². The van der Waals surface area contributed by atoms with Crippen molar-refractivity contribution in [3.8, 4) is 5.75 Å². The zero-order valence-corrected chi connectivity index (χ0v) is 11.5. The van der Waals surface area contributed by atoms with Gasteiger partial charge in [0.05, 0.1) is 11.6 Å². The Morgan fingerprint density at radius 1 is 1.50 bits per heavy atom. The first-order valence-corrected chi connectivity index (χ1v) is 6.95. The molecule has 9 heteroatoms. The number of carbonyl (C=O) groups is 1. The number of anilines is 1. The van der Waals surface area contributed by atoms with Crippen molar-refractivity contribution in [2.24, 2.45) is 0 Å². The summed E-state index contributed by atoms with van der Waals surface area (Å²) < 4.78 is 44.7. The topological polar surface area (TPSA) is 75.7 Å². The van der Waals surface area contributed by atoms with E-state index in [-0.39, 0.29) is 15.9 Å². The summed E-state index contributed by atoms with van der Waals surface area (Å²) >= 11 is 2.95. The second kappa shape index (κ2) is 4.39. The molecule has 1 aliphatic rings. The van der Waals surface area contributed by atoms with Crippen LogP contribution in [0.1, 0.15) is 0 Å². The molecule has 1 aromatic rings. The smallest absolute Gasteiger partial charge is 0.326 e. The fraction of sp³-hybridized carbons (Fsp3) is 0.222. The van der Waals surface area contributed by atoms with Crippen LogP contribution in [0.15, 0.2) is 16.6 Å². The normalized spacial score (nSPS) is 17.7. The van der Waals surface area contributed by atoms with Crippen molar-refractivity contribution in [2.45, 2.75) is 0 Å². The van der Waals surface area contributed by atoms with E-state index in [0.29, 0.717) is 4.31 Å². The summed E-state index contributed by atoms with van der Waals surface area (Å²) in [7, 11) is -2.79. The zero-order chi connectivity index (χ0) is 13.5. The summed E-state index contributed by atoms with van der Waals surface area (Å²) in [4.78, 5) is 11.1. The molecule has 0 aliphatic carbocycles. The maximum atomic E-state index is 14.0. The summed E-state index contributed by atoms with van der Waals surface area (Å²) in [5, 5.41) is 0. The van der Waals surface area contributed by atoms with Gasteiger partial charge in [0.15, 0.2) is 5.82 Å². The van der Waals surface area contributed by atoms with Gasteiger partial charge in [0.2, 0.25) is 0 Å². The average molecular weight is 339 g/mol. The molecule has 0 aromatic heterocycles. The van der Waals surface area contributed by atoms with Gasteiger partial charge in [-0.3, -0.25) is 4.79 Å². The van der Waals surface area contributed by atoms with Crippen LogP contribution in [0, 0.1) is 5.82 Å². The van der Waals surface area contributed by atoms with E-state index in [1.54, 1.807) is 4.72 Å². The fourth-order valence-electron chi connectivity index (χ4n) is 1.57. The predicted octanol–water partition coefficient (Wildman–Crippen LogP) is 0.778. The first-order valence-electron chi connectivity index (χ1n) is 4.72. The predicted molar refractivity (Wildman–Crippen MR) is 65.1 cm³/mol. The molecule has 1 heterocycles. The Balaban J connectivity index is 2.64. The van der Waals surface area contributed by atoms with Crippen LogP contribution in [0.3, 0.4) is 0 Å². The minimum atomic E-state index is -4.07. The quantitative estimate of drug-likeness (QED) is 0.864. The van der Waals surface area contributed by atoms with Crippen LogP contribution < -0.4 is 13.8 Å². The maximum absolute atomic E-state index is 14.0. The van der Waals surface area contributed by atoms with Crippen molar-refractivity contribution in [2.75, 3.05) is 18.0 Å². The summed E-state index contributed by atoms with van der Waals surface area (Å²) in [6, 6.07) is 2.79. The molecule has 0 spiro atoms. The summed E-state index contributed by atoms with van der Waals surface area (Å²) in [5.74, 6) is -1.51. The minimum Gasteiger partial charge on any atom is -0.494 e. The molecule has 6 nitrogen and oxygen atoms in total. The fourth-order valence-corrected chi connectivity index (χ4v) is 3.05. The molecule has 1 amide bonds. The number of nitrogens with one attached hydrogen (secondary N) is 1. The average Bonchev–Trinajstić information content (AvgIpc) is 2.55. The molecule has 0 unspecified atom stereocenters. The molecule has 1 aromatic carbocycles. The van der Waals surface area contributed by atoms with Gasteiger partial charge >= 0.3 is 10.2 Å². The van der Waals surface area contributed by atoms with E-state index < -0.39 is 28.5 Å². The summed E-state index contributed by atoms with van der Waals surface area (Å²) in [5.41, 5.74) is -0.301. The van der Waals surface area contributed by atoms with Crippen LogP contribution in [-0.4, -0.2) is 28.0 Å². The Kier molecular flexibility index (Phi) is 3.20. The number of methoxy groups -OCH3 is 1. The Labute approximate surface area is 111 Å². The van der Waals surface area contributed by atoms with Crippen molar-refractivity contribution in [3.05, 3.63) is 22.4 Å². The van der Waals surface area contributed by atoms with Crippen LogP contribution >= 0.6 is 15.9 Å². The molecule has 1 N–H and O–H groups in total. The molecule has 18 heavy (non-hydrogen) atoms. The molecular weight excluding hydrogens is 331 g/mol. The monoisotopic (exact) mass is 338 g/mol. The minimum absolute atomic E-state index is 0.0239. The number of amides is 1. The molecule has 0 radical (unpaired) electrons. The van der Waals surface area contributed by atoms with Crippen molar-refractivity contribution >= 4 is 37.7 Å². The molecule has 1 saturated heterocycles. The van der Waals surface area contributed by atoms with Crippen LogP contribution in [-0.2, 0) is 15.0 Å². The van der Waals surface area contributed by atoms with Crippen LogP contribution in [0.5, 0.6) is 5.75 Å². The number of rotatable bonds is 2. The third-order valence-electron chi connectivity index (χ3n) is 2.32. The number of hydrogen-bond donors (Lipinski definition) is 1. The Morgan fingerprint density at radius 3 is 2.67 bits per heavy atom. The first-order chi connectivity index (χ1) is 8.36. The largest absolute Gasteiger partial charge is 0.494 e. The van der Waals surface area contributed by atoms with E-state index >= 15 is 0 Å². The summed E-state index contributed by atoms with van der Waals surface area (Å²) in [6.07, 6.45) is 0. The summed E-state index contributed by atoms with van der Waals surface area (Å²) in [6.45, 7) is -0.480. The lowest BCUT2D eigenvalue weighted by molar-refractivity contribution is -0.117. The van der Waals surface area contributed by atoms with Gasteiger partial charge in [-0.05, 0) is 28.1 Å². The lowest BCUT2D eigenvalue weighted by Gasteiger charge is -2.19. The van der Waals surface area contributed by atoms with E-state index in [4.69, 9.17) is 4.74 Å². The van der Waals surface area contributed by atoms with Crippen LogP contribution in [0.4, 0.5) is 10.1 Å². The molecule has 1 aliphatic heterocycles. The number of hydrogen-bond acceptors (Lipinski definition) is 4. The van der Waals surface area contributed by atoms with Crippen molar-refractivity contribution in [1.29, 1.82) is 0 Å². The highest BCUT2D eigenvalue weighted by Gasteiger charge is 2.37. The van der Waals surface area contributed by atoms with Crippen molar-refractivity contribution in [1.82, 2.24) is 4.72 Å². The second-order valence-corrected chi connectivity index (χ2v) is 5.90. The van der Waals surface area contributed by atoms with Gasteiger partial charge in [0, 0.05) is 0 Å². The van der Waals surface area contributed by atoms with E-state index in [1.807, 2.05) is 0 Å². The van der Waals surface area contributed by atoms with Gasteiger partial charge in [-0.25, -0.2) is 13.4 Å². The number of nitrogens with zero attached hydrogens (tertiary/aromatic N) is 1. The third-order valence-corrected chi connectivity index (χ3v) is 4.31. The standard InChI is InChI=1S/C9H8BrFN2O4S/c1-17-6-3-2-5(10)8(11)9(6)13-4-7(14)12-18(13,15)16/h2-3H,4H2,1H3,(H,12,14). The maximum Gasteiger partial charge on any atom is 0.326 e. The number of halogens is 2. The number of ether oxygens (including phenoxy) is 1. The third kappa shape index (κ3) is 2.03. The first kappa shape index (κ1) is 13.1. The van der Waals surface area contributed by atoms with Crippen LogP contribution in [0.2, 0.25) is 0 Å². The molecule has 0 atom stereocenters. The van der Waals surface area contributed by atoms with E-state index in [0.717, 1.165) is 0 Å². The van der Waals surface area contributed by atoms with Gasteiger partial charge in [-0.2, -0.15) is 8.42 Å². The molecule has 98 valence electrons. The highest BCUT2D eigenvalue weighted by Crippen LogP contribution is 2.37. The van der Waals surface area contributed by atoms with Gasteiger partial charge < -0.3 is 4.74 Å². The SMILES string of the molecule is COc1ccc(Br)c(F)c1N1CC(=O)NS1(=O)=O. The molecule has 1 fully saturated rings. The lowest BCUT2D eigenvalue weighted by Crippen LogP contribution is -2.30. The van der Waals surface area contributed by atoms with Gasteiger partial charge in [0.25, 0.3) is 5.91 Å². The molecule has 0 bridgehead atoms. The van der Waals surface area contributed by atoms with Crippen molar-refractivity contribution in [3.63, 3.8) is 0 Å². The van der Waals surface area contributed by atoms with Gasteiger partial charge in [-0.15, -0.1) is 0 Å². The Morgan fingerprint density at radius 2 is 2.17 bits per heavy atom. The molecular formula is C9H8BrFN2O4S.